The Labute approximate surface area is 129 Å². The summed E-state index contributed by atoms with van der Waals surface area (Å²) in [4.78, 5) is 0.123. The number of aliphatic hydroxyl groups excluding tert-OH is 1. The van der Waals surface area contributed by atoms with E-state index in [1.807, 2.05) is 0 Å². The van der Waals surface area contributed by atoms with Crippen LogP contribution in [-0.2, 0) is 14.8 Å². The molecule has 5 nitrogen and oxygen atoms in total. The van der Waals surface area contributed by atoms with Crippen LogP contribution in [0.4, 0.5) is 0 Å². The third kappa shape index (κ3) is 5.13. The predicted octanol–water partition coefficient (Wildman–Crippen LogP) is 1.89. The Bertz CT molecular complexity index is 521. The molecular weight excluding hydrogens is 402 g/mol. The van der Waals surface area contributed by atoms with Crippen molar-refractivity contribution in [3.63, 3.8) is 0 Å². The molecule has 108 valence electrons. The highest BCUT2D eigenvalue weighted by atomic mass is 79.9. The molecular formula is C11H15Br2NO4S. The fourth-order valence-electron chi connectivity index (χ4n) is 1.41. The molecule has 0 fully saturated rings. The first-order valence-corrected chi connectivity index (χ1v) is 8.55. The zero-order valence-corrected chi connectivity index (χ0v) is 14.3. The van der Waals surface area contributed by atoms with Gasteiger partial charge in [0.1, 0.15) is 0 Å². The highest BCUT2D eigenvalue weighted by molar-refractivity contribution is 9.11. The molecule has 1 aromatic carbocycles. The molecule has 1 unspecified atom stereocenters. The van der Waals surface area contributed by atoms with E-state index in [0.29, 0.717) is 22.0 Å². The van der Waals surface area contributed by atoms with Gasteiger partial charge in [-0.2, -0.15) is 0 Å². The topological polar surface area (TPSA) is 75.6 Å². The summed E-state index contributed by atoms with van der Waals surface area (Å²) < 4.78 is 32.9. The maximum absolute atomic E-state index is 12.2. The molecule has 0 radical (unpaired) electrons. The predicted molar refractivity (Wildman–Crippen MR) is 79.5 cm³/mol. The molecule has 1 aromatic rings. The Morgan fingerprint density at radius 3 is 2.68 bits per heavy atom. The summed E-state index contributed by atoms with van der Waals surface area (Å²) >= 11 is 6.44. The number of benzene rings is 1. The second kappa shape index (κ2) is 7.70. The lowest BCUT2D eigenvalue weighted by Crippen LogP contribution is -2.38. The maximum Gasteiger partial charge on any atom is 0.242 e. The standard InChI is InChI=1S/C11H15Br2NO4S/c1-18-5-4-9(7-15)14-19(16,17)11-6-8(12)2-3-10(11)13/h2-3,6,9,14-15H,4-5,7H2,1H3. The molecule has 0 saturated heterocycles. The van der Waals surface area contributed by atoms with Crippen molar-refractivity contribution in [2.24, 2.45) is 0 Å². The van der Waals surface area contributed by atoms with E-state index in [0.717, 1.165) is 0 Å². The first-order valence-electron chi connectivity index (χ1n) is 5.48. The second-order valence-corrected chi connectivity index (χ2v) is 7.31. The highest BCUT2D eigenvalue weighted by Gasteiger charge is 2.22. The van der Waals surface area contributed by atoms with E-state index >= 15 is 0 Å². The SMILES string of the molecule is COCCC(CO)NS(=O)(=O)c1cc(Br)ccc1Br. The molecule has 0 amide bonds. The lowest BCUT2D eigenvalue weighted by molar-refractivity contribution is 0.166. The summed E-state index contributed by atoms with van der Waals surface area (Å²) in [5.41, 5.74) is 0. The fourth-order valence-corrected chi connectivity index (χ4v) is 4.18. The summed E-state index contributed by atoms with van der Waals surface area (Å²) in [5, 5.41) is 9.18. The van der Waals surface area contributed by atoms with Crippen LogP contribution >= 0.6 is 31.9 Å². The molecule has 0 heterocycles. The third-order valence-electron chi connectivity index (χ3n) is 2.40. The summed E-state index contributed by atoms with van der Waals surface area (Å²) in [6.45, 7) is 0.0849. The van der Waals surface area contributed by atoms with Crippen LogP contribution in [-0.4, -0.2) is 39.9 Å². The maximum atomic E-state index is 12.2. The lowest BCUT2D eigenvalue weighted by Gasteiger charge is -2.16. The number of hydrogen-bond acceptors (Lipinski definition) is 4. The molecule has 1 rings (SSSR count). The van der Waals surface area contributed by atoms with Crippen LogP contribution < -0.4 is 4.72 Å². The van der Waals surface area contributed by atoms with E-state index < -0.39 is 16.1 Å². The van der Waals surface area contributed by atoms with Crippen molar-refractivity contribution < 1.29 is 18.3 Å². The van der Waals surface area contributed by atoms with Crippen molar-refractivity contribution in [2.45, 2.75) is 17.4 Å². The van der Waals surface area contributed by atoms with Crippen LogP contribution in [0.1, 0.15) is 6.42 Å². The van der Waals surface area contributed by atoms with E-state index in [1.54, 1.807) is 12.1 Å². The van der Waals surface area contributed by atoms with Gasteiger partial charge in [0.05, 0.1) is 11.5 Å². The number of halogens is 2. The molecule has 0 aliphatic carbocycles. The molecule has 2 N–H and O–H groups in total. The molecule has 0 aliphatic heterocycles. The number of aliphatic hydroxyl groups is 1. The minimum atomic E-state index is -3.70. The van der Waals surface area contributed by atoms with E-state index in [-0.39, 0.29) is 11.5 Å². The van der Waals surface area contributed by atoms with Crippen molar-refractivity contribution in [1.82, 2.24) is 4.72 Å². The van der Waals surface area contributed by atoms with Gasteiger partial charge in [0.2, 0.25) is 10.0 Å². The van der Waals surface area contributed by atoms with Crippen molar-refractivity contribution in [3.8, 4) is 0 Å². The Kier molecular flexibility index (Phi) is 6.92. The lowest BCUT2D eigenvalue weighted by atomic mass is 10.2. The van der Waals surface area contributed by atoms with Crippen LogP contribution in [0.2, 0.25) is 0 Å². The minimum Gasteiger partial charge on any atom is -0.395 e. The number of methoxy groups -OCH3 is 1. The first-order chi connectivity index (χ1) is 8.90. The number of nitrogens with one attached hydrogen (secondary N) is 1. The van der Waals surface area contributed by atoms with Gasteiger partial charge in [-0.25, -0.2) is 13.1 Å². The van der Waals surface area contributed by atoms with Crippen LogP contribution in [0.5, 0.6) is 0 Å². The second-order valence-electron chi connectivity index (χ2n) is 3.86. The molecule has 0 aromatic heterocycles. The molecule has 0 spiro atoms. The van der Waals surface area contributed by atoms with Crippen molar-refractivity contribution >= 4 is 41.9 Å². The zero-order chi connectivity index (χ0) is 14.5. The van der Waals surface area contributed by atoms with E-state index in [4.69, 9.17) is 4.74 Å². The molecule has 19 heavy (non-hydrogen) atoms. The number of rotatable bonds is 7. The van der Waals surface area contributed by atoms with E-state index in [2.05, 4.69) is 36.6 Å². The Balaban J connectivity index is 2.93. The Morgan fingerprint density at radius 1 is 1.42 bits per heavy atom. The molecule has 0 aliphatic rings. The Hall–Kier alpha value is 0.01000. The van der Waals surface area contributed by atoms with Gasteiger partial charge in [0.25, 0.3) is 0 Å². The van der Waals surface area contributed by atoms with Crippen LogP contribution in [0.25, 0.3) is 0 Å². The third-order valence-corrected chi connectivity index (χ3v) is 5.40. The number of sulfonamides is 1. The smallest absolute Gasteiger partial charge is 0.242 e. The largest absolute Gasteiger partial charge is 0.395 e. The van der Waals surface area contributed by atoms with Crippen LogP contribution in [0.15, 0.2) is 32.0 Å². The van der Waals surface area contributed by atoms with Crippen molar-refractivity contribution in [2.75, 3.05) is 20.3 Å². The number of hydrogen-bond donors (Lipinski definition) is 2. The zero-order valence-electron chi connectivity index (χ0n) is 10.3. The van der Waals surface area contributed by atoms with Gasteiger partial charge in [0.15, 0.2) is 0 Å². The number of ether oxygens (including phenoxy) is 1. The quantitative estimate of drug-likeness (QED) is 0.711. The van der Waals surface area contributed by atoms with Gasteiger partial charge in [-0.3, -0.25) is 0 Å². The molecule has 8 heteroatoms. The normalized spacial score (nSPS) is 13.5. The average molecular weight is 417 g/mol. The monoisotopic (exact) mass is 415 g/mol. The average Bonchev–Trinajstić information content (AvgIpc) is 2.37. The van der Waals surface area contributed by atoms with Gasteiger partial charge in [0, 0.05) is 28.7 Å². The summed E-state index contributed by atoms with van der Waals surface area (Å²) in [6.07, 6.45) is 0.401. The highest BCUT2D eigenvalue weighted by Crippen LogP contribution is 2.25. The van der Waals surface area contributed by atoms with Crippen molar-refractivity contribution in [1.29, 1.82) is 0 Å². The van der Waals surface area contributed by atoms with Crippen LogP contribution in [0.3, 0.4) is 0 Å². The van der Waals surface area contributed by atoms with Gasteiger partial charge in [-0.05, 0) is 40.5 Å². The minimum absolute atomic E-state index is 0.123. The molecule has 1 atom stereocenters. The summed E-state index contributed by atoms with van der Waals surface area (Å²) in [5.74, 6) is 0. The van der Waals surface area contributed by atoms with E-state index in [1.165, 1.54) is 13.2 Å². The summed E-state index contributed by atoms with van der Waals surface area (Å²) in [6, 6.07) is 4.30. The van der Waals surface area contributed by atoms with Gasteiger partial charge in [-0.15, -0.1) is 0 Å². The van der Waals surface area contributed by atoms with Gasteiger partial charge >= 0.3 is 0 Å². The van der Waals surface area contributed by atoms with Gasteiger partial charge in [-0.1, -0.05) is 15.9 Å². The Morgan fingerprint density at radius 2 is 2.11 bits per heavy atom. The van der Waals surface area contributed by atoms with E-state index in [9.17, 15) is 13.5 Å². The summed E-state index contributed by atoms with van der Waals surface area (Å²) in [7, 11) is -2.18. The molecule has 0 bridgehead atoms. The first kappa shape index (κ1) is 17.1. The van der Waals surface area contributed by atoms with Crippen molar-refractivity contribution in [3.05, 3.63) is 27.1 Å². The van der Waals surface area contributed by atoms with Crippen LogP contribution in [0, 0.1) is 0 Å². The molecule has 0 saturated carbocycles. The van der Waals surface area contributed by atoms with Gasteiger partial charge < -0.3 is 9.84 Å². The fraction of sp³-hybridized carbons (Fsp3) is 0.455.